The van der Waals surface area contributed by atoms with Crippen LogP contribution in [0.1, 0.15) is 50.7 Å². The summed E-state index contributed by atoms with van der Waals surface area (Å²) in [7, 11) is -3.53. The number of esters is 1. The van der Waals surface area contributed by atoms with Crippen LogP contribution in [0.4, 0.5) is 19.3 Å². The Morgan fingerprint density at radius 2 is 1.48 bits per heavy atom. The molecule has 0 bridgehead atoms. The molecule has 2 amide bonds. The number of methoxy groups -OCH3 is 1. The van der Waals surface area contributed by atoms with Crippen molar-refractivity contribution in [1.29, 1.82) is 0 Å². The smallest absolute Gasteiger partial charge is 0.407 e. The summed E-state index contributed by atoms with van der Waals surface area (Å²) in [6, 6.07) is 17.1. The van der Waals surface area contributed by atoms with Gasteiger partial charge in [-0.05, 0) is 44.0 Å². The molecule has 0 aliphatic carbocycles. The first-order valence-corrected chi connectivity index (χ1v) is 17.1. The van der Waals surface area contributed by atoms with Crippen molar-refractivity contribution >= 4 is 33.7 Å². The Morgan fingerprint density at radius 1 is 0.940 bits per heavy atom. The van der Waals surface area contributed by atoms with E-state index in [-0.39, 0.29) is 6.61 Å². The van der Waals surface area contributed by atoms with Crippen LogP contribution < -0.4 is 10.6 Å². The predicted molar refractivity (Wildman–Crippen MR) is 179 cm³/mol. The number of rotatable bonds is 17. The number of carbonyl (C=O) groups is 3. The number of non-ortho nitro benzene ring substituents is 1. The molecule has 3 aromatic rings. The van der Waals surface area contributed by atoms with Gasteiger partial charge >= 0.3 is 12.1 Å². The molecule has 0 saturated carbocycles. The minimum absolute atomic E-state index is 0.223. The second kappa shape index (κ2) is 17.6. The van der Waals surface area contributed by atoms with E-state index >= 15 is 8.78 Å². The summed E-state index contributed by atoms with van der Waals surface area (Å²) in [6.45, 7) is 3.37. The number of amides is 2. The highest BCUT2D eigenvalue weighted by molar-refractivity contribution is 7.89. The zero-order chi connectivity index (χ0) is 37.1. The van der Waals surface area contributed by atoms with Gasteiger partial charge in [-0.3, -0.25) is 19.7 Å². The van der Waals surface area contributed by atoms with Crippen molar-refractivity contribution in [1.82, 2.24) is 14.9 Å². The van der Waals surface area contributed by atoms with Gasteiger partial charge in [0.15, 0.2) is 0 Å². The van der Waals surface area contributed by atoms with Gasteiger partial charge in [-0.15, -0.1) is 0 Å². The molecule has 2 atom stereocenters. The molecule has 50 heavy (non-hydrogen) atoms. The van der Waals surface area contributed by atoms with Crippen molar-refractivity contribution in [2.75, 3.05) is 20.3 Å². The van der Waals surface area contributed by atoms with E-state index in [4.69, 9.17) is 9.47 Å². The van der Waals surface area contributed by atoms with Crippen molar-refractivity contribution in [2.45, 2.75) is 68.5 Å². The van der Waals surface area contributed by atoms with Crippen molar-refractivity contribution in [3.63, 3.8) is 0 Å². The molecule has 16 heteroatoms. The van der Waals surface area contributed by atoms with Crippen LogP contribution in [0.2, 0.25) is 0 Å². The Labute approximate surface area is 289 Å². The summed E-state index contributed by atoms with van der Waals surface area (Å²) in [5.74, 6) is -6.47. The summed E-state index contributed by atoms with van der Waals surface area (Å²) >= 11 is 0. The molecule has 0 unspecified atom stereocenters. The summed E-state index contributed by atoms with van der Waals surface area (Å²) in [5.41, 5.74) is 0.917. The molecule has 0 aromatic heterocycles. The average molecular weight is 719 g/mol. The number of nitro groups is 1. The fraction of sp³-hybridized carbons (Fsp3) is 0.382. The van der Waals surface area contributed by atoms with Crippen LogP contribution in [0.15, 0.2) is 89.8 Å². The third-order valence-corrected chi connectivity index (χ3v) is 9.77. The first-order valence-electron chi connectivity index (χ1n) is 15.7. The molecule has 13 nitrogen and oxygen atoms in total. The van der Waals surface area contributed by atoms with Crippen molar-refractivity contribution in [3.05, 3.63) is 106 Å². The largest absolute Gasteiger partial charge is 0.465 e. The highest BCUT2D eigenvalue weighted by atomic mass is 32.2. The van der Waals surface area contributed by atoms with Crippen LogP contribution in [-0.4, -0.2) is 79.9 Å². The Kier molecular flexibility index (Phi) is 13.9. The maximum Gasteiger partial charge on any atom is 0.407 e. The number of ether oxygens (including phenoxy) is 2. The van der Waals surface area contributed by atoms with Gasteiger partial charge in [-0.25, -0.2) is 22.0 Å². The van der Waals surface area contributed by atoms with Gasteiger partial charge in [0.05, 0.1) is 23.5 Å². The number of hydrogen-bond acceptors (Lipinski definition) is 9. The zero-order valence-electron chi connectivity index (χ0n) is 28.0. The number of carbonyl (C=O) groups excluding carboxylic acids is 3. The van der Waals surface area contributed by atoms with E-state index in [1.54, 1.807) is 60.7 Å². The van der Waals surface area contributed by atoms with Crippen LogP contribution in [0, 0.1) is 10.1 Å². The molecule has 0 heterocycles. The summed E-state index contributed by atoms with van der Waals surface area (Å²) in [5, 5.41) is 16.0. The molecule has 3 aromatic carbocycles. The molecular formula is C34H40F2N4O9S. The fourth-order valence-corrected chi connectivity index (χ4v) is 7.20. The highest BCUT2D eigenvalue weighted by Gasteiger charge is 2.45. The Bertz CT molecular complexity index is 1670. The van der Waals surface area contributed by atoms with Crippen LogP contribution in [-0.2, 0) is 29.1 Å². The lowest BCUT2D eigenvalue weighted by Gasteiger charge is -2.34. The number of sulfonamides is 1. The monoisotopic (exact) mass is 718 g/mol. The standard InChI is InChI=1S/C34H40F2N4O9S/c1-5-49-32(42)28(39(23(2)3)50(46,47)27-18-16-26(17-19-27)40(44)45)22-34(35,36)20-21-37-31(41)30(38-33(43)48-4)29(24-12-8-6-9-13-24)25-14-10-7-11-15-25/h6-19,23,28-30H,5,20-22H2,1-4H3,(H,37,41)(H,38,43)/t28-,30-/m0/s1. The van der Waals surface area contributed by atoms with Gasteiger partial charge in [-0.1, -0.05) is 60.7 Å². The molecule has 0 fully saturated rings. The Hall–Kier alpha value is -4.96. The van der Waals surface area contributed by atoms with Crippen LogP contribution in [0.3, 0.4) is 0 Å². The average Bonchev–Trinajstić information content (AvgIpc) is 3.08. The lowest BCUT2D eigenvalue weighted by molar-refractivity contribution is -0.384. The van der Waals surface area contributed by atoms with Gasteiger partial charge in [0.25, 0.3) is 11.6 Å². The third kappa shape index (κ3) is 10.3. The van der Waals surface area contributed by atoms with E-state index in [2.05, 4.69) is 10.6 Å². The number of nitrogens with zero attached hydrogens (tertiary/aromatic N) is 2. The molecule has 0 aliphatic rings. The maximum absolute atomic E-state index is 15.7. The van der Waals surface area contributed by atoms with Gasteiger partial charge in [-0.2, -0.15) is 4.31 Å². The van der Waals surface area contributed by atoms with E-state index in [0.717, 1.165) is 31.4 Å². The summed E-state index contributed by atoms with van der Waals surface area (Å²) in [4.78, 5) is 48.9. The van der Waals surface area contributed by atoms with E-state index in [0.29, 0.717) is 15.4 Å². The Morgan fingerprint density at radius 3 is 1.94 bits per heavy atom. The second-order valence-electron chi connectivity index (χ2n) is 11.5. The van der Waals surface area contributed by atoms with Gasteiger partial charge < -0.3 is 20.1 Å². The van der Waals surface area contributed by atoms with E-state index in [1.165, 1.54) is 20.8 Å². The number of hydrogen-bond donors (Lipinski definition) is 2. The van der Waals surface area contributed by atoms with Crippen molar-refractivity contribution in [2.24, 2.45) is 0 Å². The fourth-order valence-electron chi connectivity index (χ4n) is 5.43. The minimum atomic E-state index is -4.64. The van der Waals surface area contributed by atoms with Crippen LogP contribution >= 0.6 is 0 Å². The number of benzene rings is 3. The molecule has 0 saturated heterocycles. The SMILES string of the molecule is CCOC(=O)[C@H](CC(F)(F)CCNC(=O)[C@@H](NC(=O)OC)C(c1ccccc1)c1ccccc1)N(C(C)C)S(=O)(=O)c1ccc([N+](=O)[O-])cc1. The third-order valence-electron chi connectivity index (χ3n) is 7.67. The molecule has 2 N–H and O–H groups in total. The van der Waals surface area contributed by atoms with Crippen LogP contribution in [0.25, 0.3) is 0 Å². The van der Waals surface area contributed by atoms with Crippen molar-refractivity contribution in [3.8, 4) is 0 Å². The molecule has 270 valence electrons. The molecule has 0 spiro atoms. The molecule has 0 radical (unpaired) electrons. The number of alkyl carbamates (subject to hydrolysis) is 1. The number of nitrogens with one attached hydrogen (secondary N) is 2. The van der Waals surface area contributed by atoms with Crippen molar-refractivity contribution < 1.29 is 46.0 Å². The van der Waals surface area contributed by atoms with Gasteiger partial charge in [0.1, 0.15) is 12.1 Å². The lowest BCUT2D eigenvalue weighted by Crippen LogP contribution is -2.52. The summed E-state index contributed by atoms with van der Waals surface area (Å²) in [6.07, 6.45) is -3.23. The Balaban J connectivity index is 1.87. The highest BCUT2D eigenvalue weighted by Crippen LogP contribution is 2.32. The zero-order valence-corrected chi connectivity index (χ0v) is 28.8. The minimum Gasteiger partial charge on any atom is -0.465 e. The lowest BCUT2D eigenvalue weighted by atomic mass is 9.84. The number of nitro benzene ring substituents is 1. The van der Waals surface area contributed by atoms with E-state index in [9.17, 15) is 32.9 Å². The first-order chi connectivity index (χ1) is 23.6. The van der Waals surface area contributed by atoms with E-state index in [1.807, 2.05) is 0 Å². The molecular weight excluding hydrogens is 678 g/mol. The second-order valence-corrected chi connectivity index (χ2v) is 13.3. The first kappa shape index (κ1) is 39.5. The van der Waals surface area contributed by atoms with E-state index < -0.39 is 92.9 Å². The topological polar surface area (TPSA) is 174 Å². The summed E-state index contributed by atoms with van der Waals surface area (Å²) < 4.78 is 69.1. The quantitative estimate of drug-likeness (QED) is 0.110. The molecule has 3 rings (SSSR count). The normalized spacial score (nSPS) is 13.1. The number of halogens is 2. The van der Waals surface area contributed by atoms with Crippen LogP contribution in [0.5, 0.6) is 0 Å². The maximum atomic E-state index is 15.7. The van der Waals surface area contributed by atoms with Gasteiger partial charge in [0, 0.05) is 43.5 Å². The van der Waals surface area contributed by atoms with Gasteiger partial charge in [0.2, 0.25) is 15.9 Å². The predicted octanol–water partition coefficient (Wildman–Crippen LogP) is 5.01. The number of alkyl halides is 2. The molecule has 0 aliphatic heterocycles.